The molecule has 9 heteroatoms. The van der Waals surface area contributed by atoms with Gasteiger partial charge in [-0.25, -0.2) is 4.98 Å². The van der Waals surface area contributed by atoms with Gasteiger partial charge in [-0.05, 0) is 66.0 Å². The van der Waals surface area contributed by atoms with Crippen molar-refractivity contribution in [2.24, 2.45) is 0 Å². The zero-order chi connectivity index (χ0) is 27.6. The summed E-state index contributed by atoms with van der Waals surface area (Å²) in [6.45, 7) is 0. The number of carbonyl (C=O) groups is 1. The SMILES string of the molecule is COc1ccc2c(Oc3ccc(NC(=O)c4cc5ccc(N)cc5n(-c5ccccc5)c4=O)nc3)ccnc2c1. The lowest BCUT2D eigenvalue weighted by Crippen LogP contribution is -2.28. The summed E-state index contributed by atoms with van der Waals surface area (Å²) >= 11 is 0. The maximum atomic E-state index is 13.5. The molecule has 3 heterocycles. The highest BCUT2D eigenvalue weighted by atomic mass is 16.5. The summed E-state index contributed by atoms with van der Waals surface area (Å²) in [7, 11) is 1.60. The Balaban J connectivity index is 1.28. The fourth-order valence-electron chi connectivity index (χ4n) is 4.46. The van der Waals surface area contributed by atoms with Crippen LogP contribution < -0.4 is 26.1 Å². The molecule has 0 unspecified atom stereocenters. The Morgan fingerprint density at radius 3 is 2.50 bits per heavy atom. The molecule has 9 nitrogen and oxygen atoms in total. The number of benzene rings is 3. The van der Waals surface area contributed by atoms with E-state index in [1.54, 1.807) is 67.9 Å². The largest absolute Gasteiger partial charge is 0.497 e. The van der Waals surface area contributed by atoms with E-state index in [-0.39, 0.29) is 11.4 Å². The first-order chi connectivity index (χ1) is 19.5. The van der Waals surface area contributed by atoms with Crippen LogP contribution in [-0.4, -0.2) is 27.6 Å². The summed E-state index contributed by atoms with van der Waals surface area (Å²) in [5.74, 6) is 1.46. The molecular weight excluding hydrogens is 506 g/mol. The molecule has 0 saturated heterocycles. The summed E-state index contributed by atoms with van der Waals surface area (Å²) in [4.78, 5) is 35.5. The number of pyridine rings is 3. The number of methoxy groups -OCH3 is 1. The third-order valence-electron chi connectivity index (χ3n) is 6.40. The highest BCUT2D eigenvalue weighted by Crippen LogP contribution is 2.31. The van der Waals surface area contributed by atoms with E-state index in [0.29, 0.717) is 39.5 Å². The molecular formula is C31H23N5O4. The van der Waals surface area contributed by atoms with Gasteiger partial charge in [0.15, 0.2) is 0 Å². The Morgan fingerprint density at radius 2 is 1.73 bits per heavy atom. The van der Waals surface area contributed by atoms with Gasteiger partial charge in [-0.3, -0.25) is 19.1 Å². The summed E-state index contributed by atoms with van der Waals surface area (Å²) < 4.78 is 12.8. The summed E-state index contributed by atoms with van der Waals surface area (Å²) in [5, 5.41) is 4.23. The van der Waals surface area contributed by atoms with Gasteiger partial charge in [-0.2, -0.15) is 0 Å². The van der Waals surface area contributed by atoms with Gasteiger partial charge in [-0.1, -0.05) is 24.3 Å². The number of nitrogen functional groups attached to an aromatic ring is 1. The highest BCUT2D eigenvalue weighted by Gasteiger charge is 2.18. The number of anilines is 2. The van der Waals surface area contributed by atoms with Crippen LogP contribution in [0.4, 0.5) is 11.5 Å². The maximum Gasteiger partial charge on any atom is 0.268 e. The van der Waals surface area contributed by atoms with E-state index in [1.807, 2.05) is 36.4 Å². The van der Waals surface area contributed by atoms with Crippen LogP contribution in [0.1, 0.15) is 10.4 Å². The third kappa shape index (κ3) is 4.67. The molecule has 6 rings (SSSR count). The number of rotatable bonds is 6. The number of nitrogens with two attached hydrogens (primary N) is 1. The van der Waals surface area contributed by atoms with E-state index in [2.05, 4.69) is 15.3 Å². The lowest BCUT2D eigenvalue weighted by molar-refractivity contribution is 0.102. The highest BCUT2D eigenvalue weighted by molar-refractivity contribution is 6.05. The molecule has 40 heavy (non-hydrogen) atoms. The second kappa shape index (κ2) is 10.2. The van der Waals surface area contributed by atoms with Gasteiger partial charge in [0.1, 0.15) is 28.6 Å². The molecule has 0 aliphatic rings. The van der Waals surface area contributed by atoms with Crippen molar-refractivity contribution < 1.29 is 14.3 Å². The van der Waals surface area contributed by atoms with Crippen molar-refractivity contribution in [3.05, 3.63) is 119 Å². The molecule has 196 valence electrons. The zero-order valence-electron chi connectivity index (χ0n) is 21.4. The van der Waals surface area contributed by atoms with Crippen molar-refractivity contribution in [3.8, 4) is 22.9 Å². The number of nitrogens with zero attached hydrogens (tertiary/aromatic N) is 3. The average Bonchev–Trinajstić information content (AvgIpc) is 2.98. The predicted molar refractivity (Wildman–Crippen MR) is 155 cm³/mol. The van der Waals surface area contributed by atoms with E-state index < -0.39 is 11.5 Å². The smallest absolute Gasteiger partial charge is 0.268 e. The van der Waals surface area contributed by atoms with Crippen LogP contribution in [0.2, 0.25) is 0 Å². The minimum Gasteiger partial charge on any atom is -0.497 e. The van der Waals surface area contributed by atoms with Crippen molar-refractivity contribution in [2.75, 3.05) is 18.2 Å². The van der Waals surface area contributed by atoms with Gasteiger partial charge in [0.2, 0.25) is 0 Å². The molecule has 1 amide bonds. The predicted octanol–water partition coefficient (Wildman–Crippen LogP) is 5.57. The van der Waals surface area contributed by atoms with E-state index in [1.165, 1.54) is 10.8 Å². The minimum atomic E-state index is -0.580. The van der Waals surface area contributed by atoms with Crippen LogP contribution in [-0.2, 0) is 0 Å². The lowest BCUT2D eigenvalue weighted by atomic mass is 10.1. The van der Waals surface area contributed by atoms with Crippen LogP contribution in [0.15, 0.2) is 108 Å². The normalized spacial score (nSPS) is 10.9. The molecule has 0 saturated carbocycles. The molecule has 3 aromatic carbocycles. The standard InChI is InChI=1S/C31H23N5O4/c1-39-22-9-11-24-26(17-22)33-14-13-28(24)40-23-10-12-29(34-18-23)35-30(37)25-15-19-7-8-20(32)16-27(19)36(31(25)38)21-5-3-2-4-6-21/h2-18H,32H2,1H3,(H,34,35,37). The molecule has 0 atom stereocenters. The van der Waals surface area contributed by atoms with Gasteiger partial charge in [0.05, 0.1) is 24.3 Å². The quantitative estimate of drug-likeness (QED) is 0.271. The van der Waals surface area contributed by atoms with Crippen LogP contribution in [0.5, 0.6) is 17.2 Å². The van der Waals surface area contributed by atoms with Crippen molar-refractivity contribution in [1.82, 2.24) is 14.5 Å². The Hall–Kier alpha value is -5.70. The number of ether oxygens (including phenoxy) is 2. The number of hydrogen-bond acceptors (Lipinski definition) is 7. The number of para-hydroxylation sites is 1. The summed E-state index contributed by atoms with van der Waals surface area (Å²) in [6.07, 6.45) is 3.15. The Morgan fingerprint density at radius 1 is 0.900 bits per heavy atom. The van der Waals surface area contributed by atoms with Crippen molar-refractivity contribution in [1.29, 1.82) is 0 Å². The summed E-state index contributed by atoms with van der Waals surface area (Å²) in [6, 6.07) is 26.5. The molecule has 3 aromatic heterocycles. The Kier molecular flexibility index (Phi) is 6.29. The molecule has 0 aliphatic carbocycles. The second-order valence-electron chi connectivity index (χ2n) is 8.98. The van der Waals surface area contributed by atoms with E-state index in [9.17, 15) is 9.59 Å². The fourth-order valence-corrected chi connectivity index (χ4v) is 4.46. The average molecular weight is 530 g/mol. The summed E-state index contributed by atoms with van der Waals surface area (Å²) in [5.41, 5.74) is 7.98. The van der Waals surface area contributed by atoms with Crippen molar-refractivity contribution in [3.63, 3.8) is 0 Å². The van der Waals surface area contributed by atoms with Crippen molar-refractivity contribution in [2.45, 2.75) is 0 Å². The lowest BCUT2D eigenvalue weighted by Gasteiger charge is -2.14. The van der Waals surface area contributed by atoms with E-state index in [0.717, 1.165) is 10.9 Å². The van der Waals surface area contributed by atoms with E-state index in [4.69, 9.17) is 15.2 Å². The molecule has 3 N–H and O–H groups in total. The van der Waals surface area contributed by atoms with Crippen LogP contribution in [0.3, 0.4) is 0 Å². The van der Waals surface area contributed by atoms with Crippen LogP contribution in [0, 0.1) is 0 Å². The number of aromatic nitrogens is 3. The number of nitrogens with one attached hydrogen (secondary N) is 1. The number of carbonyl (C=O) groups excluding carboxylic acids is 1. The molecule has 0 fully saturated rings. The first kappa shape index (κ1) is 24.6. The Labute approximate surface area is 228 Å². The monoisotopic (exact) mass is 529 g/mol. The molecule has 0 radical (unpaired) electrons. The molecule has 0 aliphatic heterocycles. The van der Waals surface area contributed by atoms with Gasteiger partial charge in [0.25, 0.3) is 11.5 Å². The van der Waals surface area contributed by atoms with Gasteiger partial charge >= 0.3 is 0 Å². The second-order valence-corrected chi connectivity index (χ2v) is 8.98. The minimum absolute atomic E-state index is 0.0260. The Bertz CT molecular complexity index is 1940. The van der Waals surface area contributed by atoms with Crippen LogP contribution in [0.25, 0.3) is 27.5 Å². The maximum absolute atomic E-state index is 13.5. The number of amides is 1. The third-order valence-corrected chi connectivity index (χ3v) is 6.40. The molecule has 6 aromatic rings. The number of hydrogen-bond donors (Lipinski definition) is 2. The van der Waals surface area contributed by atoms with E-state index >= 15 is 0 Å². The zero-order valence-corrected chi connectivity index (χ0v) is 21.4. The fraction of sp³-hybridized carbons (Fsp3) is 0.0323. The van der Waals surface area contributed by atoms with Crippen molar-refractivity contribution >= 4 is 39.2 Å². The first-order valence-corrected chi connectivity index (χ1v) is 12.4. The van der Waals surface area contributed by atoms with Gasteiger partial charge < -0.3 is 20.5 Å². The topological polar surface area (TPSA) is 121 Å². The van der Waals surface area contributed by atoms with Crippen LogP contribution >= 0.6 is 0 Å². The first-order valence-electron chi connectivity index (χ1n) is 12.4. The molecule has 0 spiro atoms. The number of fused-ring (bicyclic) bond motifs is 2. The molecule has 0 bridgehead atoms. The van der Waals surface area contributed by atoms with Gasteiger partial charge in [0, 0.05) is 29.0 Å². The van der Waals surface area contributed by atoms with Gasteiger partial charge in [-0.15, -0.1) is 0 Å².